The second-order valence-electron chi connectivity index (χ2n) is 3.84. The summed E-state index contributed by atoms with van der Waals surface area (Å²) in [5, 5.41) is 8.36. The average molecular weight is 321 g/mol. The van der Waals surface area contributed by atoms with Gasteiger partial charge in [0.15, 0.2) is 11.5 Å². The van der Waals surface area contributed by atoms with E-state index in [1.54, 1.807) is 0 Å². The number of aromatic carboxylic acids is 1. The van der Waals surface area contributed by atoms with E-state index in [0.29, 0.717) is 6.07 Å². The van der Waals surface area contributed by atoms with E-state index in [0.717, 1.165) is 18.5 Å². The first-order valence-corrected chi connectivity index (χ1v) is 5.71. The van der Waals surface area contributed by atoms with Crippen molar-refractivity contribution in [3.05, 3.63) is 46.6 Å². The fourth-order valence-electron chi connectivity index (χ4n) is 1.70. The molecule has 0 unspecified atom stereocenters. The Morgan fingerprint density at radius 3 is 2.38 bits per heavy atom. The number of carbonyl (C=O) groups is 1. The Morgan fingerprint density at radius 2 is 1.81 bits per heavy atom. The summed E-state index contributed by atoms with van der Waals surface area (Å²) in [4.78, 5) is 17.9. The highest BCUT2D eigenvalue weighted by molar-refractivity contribution is 6.31. The first kappa shape index (κ1) is 15.2. The van der Waals surface area contributed by atoms with Gasteiger partial charge in [-0.1, -0.05) is 11.6 Å². The van der Waals surface area contributed by atoms with Gasteiger partial charge in [-0.2, -0.15) is 13.2 Å². The third kappa shape index (κ3) is 2.80. The van der Waals surface area contributed by atoms with Crippen molar-refractivity contribution in [3.8, 4) is 11.3 Å². The number of aromatic nitrogens is 2. The molecule has 2 rings (SSSR count). The molecule has 0 aliphatic heterocycles. The van der Waals surface area contributed by atoms with E-state index in [1.807, 2.05) is 0 Å². The third-order valence-electron chi connectivity index (χ3n) is 2.54. The fourth-order valence-corrected chi connectivity index (χ4v) is 1.85. The molecule has 2 aromatic rings. The second-order valence-corrected chi connectivity index (χ2v) is 4.25. The molecular weight excluding hydrogens is 316 g/mol. The molecule has 110 valence electrons. The first-order valence-electron chi connectivity index (χ1n) is 5.33. The number of carboxylic acids is 1. The lowest BCUT2D eigenvalue weighted by atomic mass is 10.0. The highest BCUT2D eigenvalue weighted by Crippen LogP contribution is 2.40. The summed E-state index contributed by atoms with van der Waals surface area (Å²) in [7, 11) is 0. The third-order valence-corrected chi connectivity index (χ3v) is 2.83. The van der Waals surface area contributed by atoms with Crippen LogP contribution in [0.15, 0.2) is 24.5 Å². The van der Waals surface area contributed by atoms with E-state index in [2.05, 4.69) is 9.97 Å². The van der Waals surface area contributed by atoms with Gasteiger partial charge in [-0.3, -0.25) is 4.98 Å². The van der Waals surface area contributed by atoms with Gasteiger partial charge in [0.05, 0.1) is 16.1 Å². The van der Waals surface area contributed by atoms with Crippen LogP contribution in [-0.4, -0.2) is 21.0 Å². The number of hydrogen-bond acceptors (Lipinski definition) is 3. The molecule has 9 heteroatoms. The van der Waals surface area contributed by atoms with Gasteiger partial charge in [0, 0.05) is 12.4 Å². The monoisotopic (exact) mass is 320 g/mol. The summed E-state index contributed by atoms with van der Waals surface area (Å²) in [6, 6.07) is 1.29. The van der Waals surface area contributed by atoms with Crippen LogP contribution in [0, 0.1) is 5.82 Å². The van der Waals surface area contributed by atoms with Crippen molar-refractivity contribution in [2.45, 2.75) is 6.18 Å². The van der Waals surface area contributed by atoms with Crippen molar-refractivity contribution in [2.24, 2.45) is 0 Å². The summed E-state index contributed by atoms with van der Waals surface area (Å²) in [6.07, 6.45) is -2.97. The van der Waals surface area contributed by atoms with Gasteiger partial charge in [0.2, 0.25) is 0 Å². The lowest BCUT2D eigenvalue weighted by Crippen LogP contribution is -2.12. The topological polar surface area (TPSA) is 63.1 Å². The molecule has 0 amide bonds. The Balaban J connectivity index is 2.86. The number of halogens is 5. The van der Waals surface area contributed by atoms with Crippen LogP contribution in [0.2, 0.25) is 5.02 Å². The van der Waals surface area contributed by atoms with E-state index in [-0.39, 0.29) is 0 Å². The quantitative estimate of drug-likeness (QED) is 0.858. The zero-order chi connectivity index (χ0) is 15.8. The highest BCUT2D eigenvalue weighted by atomic mass is 35.5. The molecule has 0 saturated carbocycles. The molecule has 0 aliphatic carbocycles. The molecule has 0 atom stereocenters. The Kier molecular flexibility index (Phi) is 3.82. The number of alkyl halides is 3. The van der Waals surface area contributed by atoms with Crippen LogP contribution in [0.1, 0.15) is 16.1 Å². The predicted molar refractivity (Wildman–Crippen MR) is 64.4 cm³/mol. The normalized spacial score (nSPS) is 11.5. The Bertz CT molecular complexity index is 719. The van der Waals surface area contributed by atoms with Crippen LogP contribution in [0.25, 0.3) is 11.3 Å². The first-order chi connectivity index (χ1) is 9.73. The minimum absolute atomic E-state index is 0.557. The van der Waals surface area contributed by atoms with Gasteiger partial charge in [-0.25, -0.2) is 14.2 Å². The molecule has 0 bridgehead atoms. The van der Waals surface area contributed by atoms with Crippen LogP contribution in [-0.2, 0) is 6.18 Å². The van der Waals surface area contributed by atoms with E-state index in [1.165, 1.54) is 0 Å². The zero-order valence-corrected chi connectivity index (χ0v) is 10.7. The van der Waals surface area contributed by atoms with Gasteiger partial charge in [0.1, 0.15) is 5.69 Å². The summed E-state index contributed by atoms with van der Waals surface area (Å²) in [5.74, 6) is -3.04. The maximum Gasteiger partial charge on any atom is 0.417 e. The fraction of sp³-hybridized carbons (Fsp3) is 0.0833. The minimum atomic E-state index is -4.91. The predicted octanol–water partition coefficient (Wildman–Crippen LogP) is 3.65. The lowest BCUT2D eigenvalue weighted by molar-refractivity contribution is -0.137. The largest absolute Gasteiger partial charge is 0.476 e. The van der Waals surface area contributed by atoms with Crippen LogP contribution in [0.4, 0.5) is 17.6 Å². The maximum atomic E-state index is 14.0. The molecule has 4 nitrogen and oxygen atoms in total. The molecule has 0 spiro atoms. The molecular formula is C12H5ClF4N2O2. The standard InChI is InChI=1S/C12H5ClF4N2O2/c13-6-2-1-5(12(15,16)17)7(8(6)14)9-10(11(20)21)19-4-3-18-9/h1-4H,(H,20,21). The van der Waals surface area contributed by atoms with Gasteiger partial charge in [-0.05, 0) is 12.1 Å². The number of rotatable bonds is 2. The smallest absolute Gasteiger partial charge is 0.417 e. The minimum Gasteiger partial charge on any atom is -0.476 e. The molecule has 0 fully saturated rings. The summed E-state index contributed by atoms with van der Waals surface area (Å²) >= 11 is 5.48. The molecule has 0 radical (unpaired) electrons. The highest BCUT2D eigenvalue weighted by Gasteiger charge is 2.37. The molecule has 1 heterocycles. The van der Waals surface area contributed by atoms with Crippen molar-refractivity contribution in [1.82, 2.24) is 9.97 Å². The van der Waals surface area contributed by atoms with Crippen molar-refractivity contribution in [3.63, 3.8) is 0 Å². The molecule has 1 N–H and O–H groups in total. The molecule has 0 saturated heterocycles. The zero-order valence-electron chi connectivity index (χ0n) is 9.95. The molecule has 1 aromatic heterocycles. The van der Waals surface area contributed by atoms with Crippen molar-refractivity contribution >= 4 is 17.6 Å². The summed E-state index contributed by atoms with van der Waals surface area (Å²) in [5.41, 5.74) is -3.96. The van der Waals surface area contributed by atoms with E-state index >= 15 is 0 Å². The number of carboxylic acid groups (broad SMARTS) is 1. The van der Waals surface area contributed by atoms with Crippen LogP contribution in [0.3, 0.4) is 0 Å². The number of nitrogens with zero attached hydrogens (tertiary/aromatic N) is 2. The van der Waals surface area contributed by atoms with E-state index in [4.69, 9.17) is 16.7 Å². The van der Waals surface area contributed by atoms with Crippen LogP contribution >= 0.6 is 11.6 Å². The lowest BCUT2D eigenvalue weighted by Gasteiger charge is -2.14. The van der Waals surface area contributed by atoms with E-state index < -0.39 is 45.5 Å². The number of hydrogen-bond donors (Lipinski definition) is 1. The molecule has 1 aromatic carbocycles. The van der Waals surface area contributed by atoms with Crippen LogP contribution < -0.4 is 0 Å². The maximum absolute atomic E-state index is 14.0. The molecule has 21 heavy (non-hydrogen) atoms. The Labute approximate surface area is 120 Å². The van der Waals surface area contributed by atoms with Gasteiger partial charge >= 0.3 is 12.1 Å². The van der Waals surface area contributed by atoms with Crippen molar-refractivity contribution in [2.75, 3.05) is 0 Å². The average Bonchev–Trinajstić information content (AvgIpc) is 2.40. The SMILES string of the molecule is O=C(O)c1nccnc1-c1c(C(F)(F)F)ccc(Cl)c1F. The Hall–Kier alpha value is -2.22. The van der Waals surface area contributed by atoms with Gasteiger partial charge in [0.25, 0.3) is 0 Å². The van der Waals surface area contributed by atoms with Crippen molar-refractivity contribution < 1.29 is 27.5 Å². The van der Waals surface area contributed by atoms with Gasteiger partial charge < -0.3 is 5.11 Å². The van der Waals surface area contributed by atoms with Crippen molar-refractivity contribution in [1.29, 1.82) is 0 Å². The number of benzene rings is 1. The summed E-state index contributed by atoms with van der Waals surface area (Å²) < 4.78 is 52.9. The van der Waals surface area contributed by atoms with Crippen LogP contribution in [0.5, 0.6) is 0 Å². The Morgan fingerprint density at radius 1 is 1.19 bits per heavy atom. The summed E-state index contributed by atoms with van der Waals surface area (Å²) in [6.45, 7) is 0. The van der Waals surface area contributed by atoms with E-state index in [9.17, 15) is 22.4 Å². The second kappa shape index (κ2) is 5.28. The molecule has 0 aliphatic rings. The van der Waals surface area contributed by atoms with Gasteiger partial charge in [-0.15, -0.1) is 0 Å².